The molecule has 0 aliphatic carbocycles. The summed E-state index contributed by atoms with van der Waals surface area (Å²) in [5.41, 5.74) is 6.48. The maximum absolute atomic E-state index is 12.4. The number of aromatic nitrogens is 2. The molecule has 124 valence electrons. The summed E-state index contributed by atoms with van der Waals surface area (Å²) in [4.78, 5) is 32.5. The van der Waals surface area contributed by atoms with Crippen LogP contribution in [0.2, 0.25) is 0 Å². The van der Waals surface area contributed by atoms with Crippen LogP contribution in [0, 0.1) is 0 Å². The third-order valence-electron chi connectivity index (χ3n) is 3.33. The van der Waals surface area contributed by atoms with Gasteiger partial charge in [0.2, 0.25) is 0 Å². The van der Waals surface area contributed by atoms with Gasteiger partial charge in [-0.2, -0.15) is 0 Å². The number of nitrogens with two attached hydrogens (primary N) is 1. The number of fused-ring (bicyclic) bond motifs is 1. The van der Waals surface area contributed by atoms with Crippen LogP contribution in [0.5, 0.6) is 5.75 Å². The first-order valence-corrected chi connectivity index (χ1v) is 7.94. The SMILES string of the molecule is NCc1ncc(NC(=O)c2cc(Br)c3c(c2)C(=O)NCCO3)cn1. The normalized spacial score (nSPS) is 13.3. The van der Waals surface area contributed by atoms with E-state index in [1.54, 1.807) is 6.07 Å². The van der Waals surface area contributed by atoms with Gasteiger partial charge < -0.3 is 21.1 Å². The van der Waals surface area contributed by atoms with E-state index in [0.717, 1.165) is 0 Å². The number of halogens is 1. The second-order valence-electron chi connectivity index (χ2n) is 4.99. The molecule has 0 atom stereocenters. The fraction of sp³-hybridized carbons (Fsp3) is 0.200. The highest BCUT2D eigenvalue weighted by Crippen LogP contribution is 2.32. The Kier molecular flexibility index (Phi) is 4.72. The molecule has 1 aromatic heterocycles. The Balaban J connectivity index is 1.87. The minimum absolute atomic E-state index is 0.223. The minimum atomic E-state index is -0.389. The van der Waals surface area contributed by atoms with Crippen LogP contribution in [0.25, 0.3) is 0 Å². The molecule has 24 heavy (non-hydrogen) atoms. The van der Waals surface area contributed by atoms with Gasteiger partial charge in [-0.25, -0.2) is 9.97 Å². The lowest BCUT2D eigenvalue weighted by atomic mass is 10.1. The lowest BCUT2D eigenvalue weighted by Crippen LogP contribution is -2.24. The smallest absolute Gasteiger partial charge is 0.255 e. The van der Waals surface area contributed by atoms with Crippen molar-refractivity contribution >= 4 is 33.4 Å². The van der Waals surface area contributed by atoms with Crippen LogP contribution in [0.3, 0.4) is 0 Å². The molecule has 0 radical (unpaired) electrons. The molecule has 1 aromatic carbocycles. The number of carbonyl (C=O) groups excluding carboxylic acids is 2. The highest BCUT2D eigenvalue weighted by Gasteiger charge is 2.22. The molecule has 2 heterocycles. The lowest BCUT2D eigenvalue weighted by molar-refractivity contribution is 0.0957. The zero-order valence-corrected chi connectivity index (χ0v) is 14.1. The van der Waals surface area contributed by atoms with Crippen molar-refractivity contribution in [2.45, 2.75) is 6.54 Å². The maximum atomic E-state index is 12.4. The average molecular weight is 392 g/mol. The Hall–Kier alpha value is -2.52. The van der Waals surface area contributed by atoms with Gasteiger partial charge >= 0.3 is 0 Å². The predicted molar refractivity (Wildman–Crippen MR) is 89.8 cm³/mol. The van der Waals surface area contributed by atoms with E-state index >= 15 is 0 Å². The van der Waals surface area contributed by atoms with Crippen LogP contribution in [0.15, 0.2) is 29.0 Å². The Bertz CT molecular complexity index is 794. The number of anilines is 1. The van der Waals surface area contributed by atoms with E-state index in [0.29, 0.717) is 46.0 Å². The van der Waals surface area contributed by atoms with E-state index < -0.39 is 0 Å². The maximum Gasteiger partial charge on any atom is 0.255 e. The monoisotopic (exact) mass is 391 g/mol. The first-order valence-electron chi connectivity index (χ1n) is 7.15. The van der Waals surface area contributed by atoms with E-state index in [1.807, 2.05) is 0 Å². The summed E-state index contributed by atoms with van der Waals surface area (Å²) >= 11 is 3.34. The molecule has 0 fully saturated rings. The van der Waals surface area contributed by atoms with E-state index in [4.69, 9.17) is 10.5 Å². The van der Waals surface area contributed by atoms with Gasteiger partial charge in [-0.1, -0.05) is 0 Å². The van der Waals surface area contributed by atoms with Gasteiger partial charge in [-0.05, 0) is 28.1 Å². The largest absolute Gasteiger partial charge is 0.490 e. The van der Waals surface area contributed by atoms with E-state index in [9.17, 15) is 9.59 Å². The van der Waals surface area contributed by atoms with E-state index in [-0.39, 0.29) is 18.4 Å². The average Bonchev–Trinajstić information content (AvgIpc) is 2.78. The second-order valence-corrected chi connectivity index (χ2v) is 5.84. The molecule has 0 unspecified atom stereocenters. The van der Waals surface area contributed by atoms with Crippen LogP contribution in [-0.2, 0) is 6.54 Å². The van der Waals surface area contributed by atoms with Crippen LogP contribution in [0.4, 0.5) is 5.69 Å². The summed E-state index contributed by atoms with van der Waals surface area (Å²) in [6.45, 7) is 1.00. The van der Waals surface area contributed by atoms with Crippen molar-refractivity contribution in [1.82, 2.24) is 15.3 Å². The van der Waals surface area contributed by atoms with Gasteiger partial charge in [0.25, 0.3) is 11.8 Å². The summed E-state index contributed by atoms with van der Waals surface area (Å²) in [5, 5.41) is 5.38. The molecule has 1 aliphatic heterocycles. The molecule has 0 spiro atoms. The summed E-state index contributed by atoms with van der Waals surface area (Å²) in [5.74, 6) is 0.236. The van der Waals surface area contributed by atoms with Crippen molar-refractivity contribution in [3.8, 4) is 5.75 Å². The van der Waals surface area contributed by atoms with Gasteiger partial charge in [-0.3, -0.25) is 9.59 Å². The molecule has 2 amide bonds. The van der Waals surface area contributed by atoms with Crippen molar-refractivity contribution in [1.29, 1.82) is 0 Å². The lowest BCUT2D eigenvalue weighted by Gasteiger charge is -2.11. The number of hydrogen-bond donors (Lipinski definition) is 3. The molecule has 2 aromatic rings. The van der Waals surface area contributed by atoms with Gasteiger partial charge in [0.15, 0.2) is 0 Å². The fourth-order valence-corrected chi connectivity index (χ4v) is 2.76. The number of amides is 2. The Morgan fingerprint density at radius 3 is 2.83 bits per heavy atom. The minimum Gasteiger partial charge on any atom is -0.490 e. The topological polar surface area (TPSA) is 119 Å². The summed E-state index contributed by atoms with van der Waals surface area (Å²) in [7, 11) is 0. The molecule has 8 nitrogen and oxygen atoms in total. The van der Waals surface area contributed by atoms with Gasteiger partial charge in [0.1, 0.15) is 18.2 Å². The molecule has 4 N–H and O–H groups in total. The van der Waals surface area contributed by atoms with Crippen molar-refractivity contribution in [2.24, 2.45) is 5.73 Å². The zero-order valence-electron chi connectivity index (χ0n) is 12.5. The van der Waals surface area contributed by atoms with Gasteiger partial charge in [0, 0.05) is 5.56 Å². The molecule has 1 aliphatic rings. The highest BCUT2D eigenvalue weighted by molar-refractivity contribution is 9.10. The summed E-state index contributed by atoms with van der Waals surface area (Å²) < 4.78 is 6.07. The highest BCUT2D eigenvalue weighted by atomic mass is 79.9. The Morgan fingerprint density at radius 1 is 1.38 bits per heavy atom. The number of hydrogen-bond acceptors (Lipinski definition) is 6. The van der Waals surface area contributed by atoms with Crippen LogP contribution in [-0.4, -0.2) is 34.9 Å². The summed E-state index contributed by atoms with van der Waals surface area (Å²) in [6, 6.07) is 3.09. The molecule has 3 rings (SSSR count). The summed E-state index contributed by atoms with van der Waals surface area (Å²) in [6.07, 6.45) is 2.95. The molecule has 0 bridgehead atoms. The molecule has 0 saturated heterocycles. The van der Waals surface area contributed by atoms with Crippen molar-refractivity contribution in [3.05, 3.63) is 46.0 Å². The van der Waals surface area contributed by atoms with Crippen LogP contribution >= 0.6 is 15.9 Å². The second kappa shape index (κ2) is 6.93. The number of carbonyl (C=O) groups is 2. The molecule has 9 heteroatoms. The quantitative estimate of drug-likeness (QED) is 0.719. The fourth-order valence-electron chi connectivity index (χ4n) is 2.18. The number of rotatable bonds is 3. The Morgan fingerprint density at radius 2 is 2.12 bits per heavy atom. The van der Waals surface area contributed by atoms with Crippen molar-refractivity contribution in [3.63, 3.8) is 0 Å². The van der Waals surface area contributed by atoms with Gasteiger partial charge in [0.05, 0.1) is 41.2 Å². The van der Waals surface area contributed by atoms with Crippen LogP contribution in [0.1, 0.15) is 26.5 Å². The third-order valence-corrected chi connectivity index (χ3v) is 3.92. The number of ether oxygens (including phenoxy) is 1. The first-order chi connectivity index (χ1) is 11.6. The molecular weight excluding hydrogens is 378 g/mol. The van der Waals surface area contributed by atoms with E-state index in [1.165, 1.54) is 18.5 Å². The predicted octanol–water partition coefficient (Wildman–Crippen LogP) is 1.07. The Labute approximate surface area is 145 Å². The first kappa shape index (κ1) is 16.3. The molecular formula is C15H14BrN5O3. The molecule has 0 saturated carbocycles. The third kappa shape index (κ3) is 3.36. The van der Waals surface area contributed by atoms with E-state index in [2.05, 4.69) is 36.5 Å². The number of nitrogens with one attached hydrogen (secondary N) is 2. The van der Waals surface area contributed by atoms with Crippen molar-refractivity contribution in [2.75, 3.05) is 18.5 Å². The standard InChI is InChI=1S/C15H14BrN5O3/c16-11-4-8(3-10-13(11)24-2-1-18-15(10)23)14(22)21-9-6-19-12(5-17)20-7-9/h3-4,6-7H,1-2,5,17H2,(H,18,23)(H,21,22). The number of benzene rings is 1. The number of nitrogens with zero attached hydrogens (tertiary/aromatic N) is 2. The zero-order chi connectivity index (χ0) is 17.1. The van der Waals surface area contributed by atoms with Crippen LogP contribution < -0.4 is 21.1 Å². The van der Waals surface area contributed by atoms with Gasteiger partial charge in [-0.15, -0.1) is 0 Å². The van der Waals surface area contributed by atoms with Crippen molar-refractivity contribution < 1.29 is 14.3 Å².